The highest BCUT2D eigenvalue weighted by Crippen LogP contribution is 2.68. The van der Waals surface area contributed by atoms with Crippen molar-refractivity contribution in [1.82, 2.24) is 0 Å². The summed E-state index contributed by atoms with van der Waals surface area (Å²) < 4.78 is 5.70. The van der Waals surface area contributed by atoms with Crippen molar-refractivity contribution < 1.29 is 9.53 Å². The molecule has 4 aliphatic carbocycles. The Bertz CT molecular complexity index is 756. The summed E-state index contributed by atoms with van der Waals surface area (Å²) in [6, 6.07) is 0. The van der Waals surface area contributed by atoms with Crippen molar-refractivity contribution in [2.75, 3.05) is 5.33 Å². The number of halogens is 1. The van der Waals surface area contributed by atoms with Gasteiger partial charge in [-0.3, -0.25) is 4.79 Å². The van der Waals surface area contributed by atoms with Gasteiger partial charge in [0, 0.05) is 18.7 Å². The van der Waals surface area contributed by atoms with Crippen LogP contribution in [0.3, 0.4) is 0 Å². The fraction of sp³-hybridized carbons (Fsp3) is 0.900. The van der Waals surface area contributed by atoms with Crippen molar-refractivity contribution in [2.24, 2.45) is 46.3 Å². The Hall–Kier alpha value is -0.310. The fourth-order valence-corrected chi connectivity index (χ4v) is 9.97. The molecule has 3 fully saturated rings. The van der Waals surface area contributed by atoms with E-state index >= 15 is 0 Å². The van der Waals surface area contributed by atoms with Gasteiger partial charge in [0.15, 0.2) is 0 Å². The van der Waals surface area contributed by atoms with E-state index in [2.05, 4.69) is 50.5 Å². The molecular weight excluding hydrogens is 472 g/mol. The molecule has 2 nitrogen and oxygen atoms in total. The molecular formula is C30H49BrO2. The molecule has 0 heterocycles. The minimum atomic E-state index is -0.119. The molecule has 0 aromatic rings. The molecule has 0 radical (unpaired) electrons. The largest absolute Gasteiger partial charge is 0.462 e. The molecule has 33 heavy (non-hydrogen) atoms. The summed E-state index contributed by atoms with van der Waals surface area (Å²) in [6.45, 7) is 14.1. The molecule has 0 N–H and O–H groups in total. The van der Waals surface area contributed by atoms with Gasteiger partial charge in [-0.2, -0.15) is 0 Å². The number of rotatable bonds is 7. The molecule has 188 valence electrons. The third-order valence-corrected chi connectivity index (χ3v) is 11.6. The highest BCUT2D eigenvalue weighted by atomic mass is 79.9. The number of allylic oxidation sites excluding steroid dienone is 1. The molecule has 8 atom stereocenters. The van der Waals surface area contributed by atoms with Gasteiger partial charge in [0.2, 0.25) is 0 Å². The first kappa shape index (κ1) is 25.8. The Morgan fingerprint density at radius 1 is 1.03 bits per heavy atom. The minimum absolute atomic E-state index is 0.0904. The van der Waals surface area contributed by atoms with Gasteiger partial charge in [-0.15, -0.1) is 0 Å². The van der Waals surface area contributed by atoms with Gasteiger partial charge in [-0.1, -0.05) is 81.0 Å². The van der Waals surface area contributed by atoms with Crippen LogP contribution in [0, 0.1) is 46.3 Å². The number of fused-ring (bicyclic) bond motifs is 5. The Balaban J connectivity index is 1.54. The number of carbonyl (C=O) groups is 1. The standard InChI is InChI=1S/C30H49BrO2/c1-19(2)8-7-9-20(3)25-10-11-26-24-16-22(18-31)28-17-23(33-21(4)32)12-14-30(28,6)27(24)13-15-29(25,26)5/h19-20,23-27H,7-18H2,1-6H3/t20-,23+,24?,25-,26?,27?,29-,30-/m1/s1. The van der Waals surface area contributed by atoms with E-state index in [1.807, 2.05) is 0 Å². The predicted octanol–water partition coefficient (Wildman–Crippen LogP) is 8.72. The topological polar surface area (TPSA) is 26.3 Å². The first-order valence-corrected chi connectivity index (χ1v) is 15.2. The van der Waals surface area contributed by atoms with Crippen molar-refractivity contribution in [3.63, 3.8) is 0 Å². The second-order valence-corrected chi connectivity index (χ2v) is 13.8. The van der Waals surface area contributed by atoms with E-state index in [9.17, 15) is 4.79 Å². The van der Waals surface area contributed by atoms with Gasteiger partial charge in [0.25, 0.3) is 0 Å². The van der Waals surface area contributed by atoms with Gasteiger partial charge in [-0.05, 0) is 91.3 Å². The zero-order valence-electron chi connectivity index (χ0n) is 22.2. The van der Waals surface area contributed by atoms with Gasteiger partial charge in [0.05, 0.1) is 0 Å². The van der Waals surface area contributed by atoms with E-state index < -0.39 is 0 Å². The summed E-state index contributed by atoms with van der Waals surface area (Å²) in [6.07, 6.45) is 14.5. The monoisotopic (exact) mass is 520 g/mol. The van der Waals surface area contributed by atoms with Crippen LogP contribution >= 0.6 is 15.9 Å². The van der Waals surface area contributed by atoms with Gasteiger partial charge < -0.3 is 4.74 Å². The highest BCUT2D eigenvalue weighted by molar-refractivity contribution is 9.09. The molecule has 0 aliphatic heterocycles. The molecule has 0 aromatic heterocycles. The molecule has 3 heteroatoms. The summed E-state index contributed by atoms with van der Waals surface area (Å²) in [5, 5.41) is 0.992. The van der Waals surface area contributed by atoms with Crippen LogP contribution in [0.5, 0.6) is 0 Å². The highest BCUT2D eigenvalue weighted by Gasteiger charge is 2.60. The quantitative estimate of drug-likeness (QED) is 0.190. The first-order valence-electron chi connectivity index (χ1n) is 14.0. The van der Waals surface area contributed by atoms with Crippen LogP contribution in [0.4, 0.5) is 0 Å². The van der Waals surface area contributed by atoms with Crippen LogP contribution in [0.2, 0.25) is 0 Å². The van der Waals surface area contributed by atoms with Gasteiger partial charge in [0.1, 0.15) is 6.10 Å². The van der Waals surface area contributed by atoms with Gasteiger partial charge >= 0.3 is 5.97 Å². The summed E-state index contributed by atoms with van der Waals surface area (Å²) >= 11 is 3.88. The zero-order valence-corrected chi connectivity index (χ0v) is 23.8. The molecule has 3 saturated carbocycles. The second-order valence-electron chi connectivity index (χ2n) is 13.2. The molecule has 0 amide bonds. The summed E-state index contributed by atoms with van der Waals surface area (Å²) in [7, 11) is 0. The van der Waals surface area contributed by atoms with Crippen LogP contribution in [0.15, 0.2) is 11.1 Å². The van der Waals surface area contributed by atoms with E-state index in [1.54, 1.807) is 18.1 Å². The van der Waals surface area contributed by atoms with Crippen LogP contribution in [0.1, 0.15) is 112 Å². The smallest absolute Gasteiger partial charge is 0.302 e. The van der Waals surface area contributed by atoms with Crippen molar-refractivity contribution in [2.45, 2.75) is 118 Å². The van der Waals surface area contributed by atoms with Crippen molar-refractivity contribution >= 4 is 21.9 Å². The number of hydrogen-bond acceptors (Lipinski definition) is 2. The van der Waals surface area contributed by atoms with Crippen molar-refractivity contribution in [3.05, 3.63) is 11.1 Å². The maximum atomic E-state index is 11.6. The molecule has 0 saturated heterocycles. The molecule has 4 aliphatic rings. The van der Waals surface area contributed by atoms with Crippen LogP contribution in [0.25, 0.3) is 0 Å². The molecule has 4 rings (SSSR count). The van der Waals surface area contributed by atoms with Crippen LogP contribution < -0.4 is 0 Å². The average Bonchev–Trinajstić information content (AvgIpc) is 3.10. The van der Waals surface area contributed by atoms with E-state index in [1.165, 1.54) is 57.8 Å². The normalized spacial score (nSPS) is 41.4. The van der Waals surface area contributed by atoms with Crippen molar-refractivity contribution in [1.29, 1.82) is 0 Å². The van der Waals surface area contributed by atoms with E-state index in [0.717, 1.165) is 53.7 Å². The number of carbonyl (C=O) groups excluding carboxylic acids is 1. The molecule has 0 aromatic carbocycles. The lowest BCUT2D eigenvalue weighted by Crippen LogP contribution is -2.52. The number of ether oxygens (including phenoxy) is 1. The average molecular weight is 522 g/mol. The summed E-state index contributed by atoms with van der Waals surface area (Å²) in [4.78, 5) is 11.6. The summed E-state index contributed by atoms with van der Waals surface area (Å²) in [5.74, 6) is 5.07. The lowest BCUT2D eigenvalue weighted by atomic mass is 9.46. The molecule has 3 unspecified atom stereocenters. The van der Waals surface area contributed by atoms with Crippen LogP contribution in [-0.2, 0) is 9.53 Å². The Morgan fingerprint density at radius 3 is 2.45 bits per heavy atom. The predicted molar refractivity (Wildman–Crippen MR) is 141 cm³/mol. The second kappa shape index (κ2) is 9.98. The first-order chi connectivity index (χ1) is 15.6. The Morgan fingerprint density at radius 2 is 1.79 bits per heavy atom. The van der Waals surface area contributed by atoms with E-state index in [0.29, 0.717) is 10.8 Å². The number of hydrogen-bond donors (Lipinski definition) is 0. The third-order valence-electron chi connectivity index (χ3n) is 11.0. The third kappa shape index (κ3) is 4.75. The zero-order chi connectivity index (χ0) is 24.0. The summed E-state index contributed by atoms with van der Waals surface area (Å²) in [5.41, 5.74) is 4.15. The minimum Gasteiger partial charge on any atom is -0.462 e. The fourth-order valence-electron chi connectivity index (χ4n) is 9.40. The number of esters is 1. The molecule has 0 bridgehead atoms. The SMILES string of the molecule is CC(=O)O[C@H]1CC[C@@]2(C)C(=C(CBr)CC3C2CC[C@@]2(C)C3CC[C@@H]2[C@H](C)CCCC(C)C)C1. The van der Waals surface area contributed by atoms with E-state index in [4.69, 9.17) is 4.74 Å². The lowest BCUT2D eigenvalue weighted by molar-refractivity contribution is -0.148. The number of alkyl halides is 1. The van der Waals surface area contributed by atoms with Gasteiger partial charge in [-0.25, -0.2) is 0 Å². The Kier molecular flexibility index (Phi) is 7.79. The van der Waals surface area contributed by atoms with Crippen molar-refractivity contribution in [3.8, 4) is 0 Å². The molecule has 0 spiro atoms. The maximum Gasteiger partial charge on any atom is 0.302 e. The maximum absolute atomic E-state index is 11.6. The van der Waals surface area contributed by atoms with Crippen LogP contribution in [-0.4, -0.2) is 17.4 Å². The lowest BCUT2D eigenvalue weighted by Gasteiger charge is -2.59. The van der Waals surface area contributed by atoms with E-state index in [-0.39, 0.29) is 12.1 Å². The Labute approximate surface area is 212 Å².